The van der Waals surface area contributed by atoms with Crippen LogP contribution in [0.5, 0.6) is 0 Å². The minimum Gasteiger partial charge on any atom is -0.0834 e. The van der Waals surface area contributed by atoms with Crippen molar-refractivity contribution in [2.24, 2.45) is 5.92 Å². The molecule has 1 aromatic carbocycles. The molecule has 0 amide bonds. The molecule has 0 heteroatoms. The first kappa shape index (κ1) is 13.8. The Bertz CT molecular complexity index is 724. The molecule has 3 aliphatic rings. The van der Waals surface area contributed by atoms with Crippen molar-refractivity contribution < 1.29 is 0 Å². The Balaban J connectivity index is 1.53. The fourth-order valence-electron chi connectivity index (χ4n) is 4.44. The monoisotopic (exact) mass is 288 g/mol. The lowest BCUT2D eigenvalue weighted by Crippen LogP contribution is -2.05. The second-order valence-electron chi connectivity index (χ2n) is 7.09. The predicted octanol–water partition coefficient (Wildman–Crippen LogP) is 6.19. The molecule has 2 unspecified atom stereocenters. The summed E-state index contributed by atoms with van der Waals surface area (Å²) in [6.45, 7) is 4.58. The summed E-state index contributed by atoms with van der Waals surface area (Å²) in [6, 6.07) is 8.89. The topological polar surface area (TPSA) is 0 Å². The first-order valence-electron chi connectivity index (χ1n) is 8.55. The van der Waals surface area contributed by atoms with Gasteiger partial charge in [0.1, 0.15) is 0 Å². The van der Waals surface area contributed by atoms with E-state index in [1.807, 2.05) is 0 Å². The summed E-state index contributed by atoms with van der Waals surface area (Å²) in [5, 5.41) is 0. The largest absolute Gasteiger partial charge is 0.0834 e. The van der Waals surface area contributed by atoms with E-state index in [4.69, 9.17) is 0 Å². The van der Waals surface area contributed by atoms with E-state index in [2.05, 4.69) is 62.4 Å². The maximum atomic E-state index is 2.48. The van der Waals surface area contributed by atoms with Gasteiger partial charge in [-0.2, -0.15) is 0 Å². The first-order chi connectivity index (χ1) is 10.7. The molecule has 22 heavy (non-hydrogen) atoms. The van der Waals surface area contributed by atoms with E-state index < -0.39 is 0 Å². The van der Waals surface area contributed by atoms with Gasteiger partial charge in [0.05, 0.1) is 0 Å². The molecule has 2 atom stereocenters. The van der Waals surface area contributed by atoms with Crippen LogP contribution in [0.4, 0.5) is 0 Å². The Kier molecular flexibility index (Phi) is 3.41. The molecule has 0 spiro atoms. The van der Waals surface area contributed by atoms with E-state index in [0.717, 1.165) is 0 Å². The van der Waals surface area contributed by atoms with Gasteiger partial charge < -0.3 is 0 Å². The van der Waals surface area contributed by atoms with E-state index in [0.29, 0.717) is 11.8 Å². The zero-order chi connectivity index (χ0) is 15.1. The molecular formula is C22H24. The Labute approximate surface area is 133 Å². The van der Waals surface area contributed by atoms with Crippen LogP contribution in [0.3, 0.4) is 0 Å². The summed E-state index contributed by atoms with van der Waals surface area (Å²) in [5.41, 5.74) is 9.36. The average Bonchev–Trinajstić information content (AvgIpc) is 3.04. The summed E-state index contributed by atoms with van der Waals surface area (Å²) in [4.78, 5) is 0. The van der Waals surface area contributed by atoms with E-state index in [9.17, 15) is 0 Å². The van der Waals surface area contributed by atoms with Crippen LogP contribution in [0.25, 0.3) is 6.08 Å². The second kappa shape index (κ2) is 5.43. The van der Waals surface area contributed by atoms with E-state index in [-0.39, 0.29) is 0 Å². The predicted molar refractivity (Wildman–Crippen MR) is 94.7 cm³/mol. The molecule has 0 radical (unpaired) electrons. The smallest absolute Gasteiger partial charge is 0.00578 e. The number of hydrogen-bond acceptors (Lipinski definition) is 0. The van der Waals surface area contributed by atoms with Gasteiger partial charge in [0.2, 0.25) is 0 Å². The van der Waals surface area contributed by atoms with Crippen molar-refractivity contribution in [1.82, 2.24) is 0 Å². The van der Waals surface area contributed by atoms with Crippen LogP contribution in [-0.2, 0) is 0 Å². The highest BCUT2D eigenvalue weighted by atomic mass is 14.3. The maximum Gasteiger partial charge on any atom is 0.00578 e. The van der Waals surface area contributed by atoms with Gasteiger partial charge in [0.25, 0.3) is 0 Å². The van der Waals surface area contributed by atoms with Crippen LogP contribution in [0.1, 0.15) is 56.6 Å². The molecule has 3 aliphatic carbocycles. The lowest BCUT2D eigenvalue weighted by atomic mass is 9.84. The van der Waals surface area contributed by atoms with Crippen molar-refractivity contribution in [3.05, 3.63) is 75.9 Å². The fourth-order valence-corrected chi connectivity index (χ4v) is 4.44. The van der Waals surface area contributed by atoms with Crippen molar-refractivity contribution in [1.29, 1.82) is 0 Å². The number of benzene rings is 1. The van der Waals surface area contributed by atoms with E-state index in [1.165, 1.54) is 42.4 Å². The summed E-state index contributed by atoms with van der Waals surface area (Å²) in [7, 11) is 0. The highest BCUT2D eigenvalue weighted by Gasteiger charge is 2.26. The maximum absolute atomic E-state index is 2.48. The quantitative estimate of drug-likeness (QED) is 0.582. The average molecular weight is 288 g/mol. The van der Waals surface area contributed by atoms with E-state index >= 15 is 0 Å². The van der Waals surface area contributed by atoms with Crippen LogP contribution in [0, 0.1) is 5.92 Å². The molecule has 112 valence electrons. The normalized spacial score (nSPS) is 25.9. The van der Waals surface area contributed by atoms with Gasteiger partial charge in [0, 0.05) is 11.8 Å². The number of hydrogen-bond donors (Lipinski definition) is 0. The number of fused-ring (bicyclic) bond motifs is 2. The third-order valence-corrected chi connectivity index (χ3v) is 5.53. The molecule has 0 aliphatic heterocycles. The van der Waals surface area contributed by atoms with Gasteiger partial charge in [-0.05, 0) is 56.2 Å². The molecule has 4 rings (SSSR count). The van der Waals surface area contributed by atoms with Gasteiger partial charge in [-0.15, -0.1) is 0 Å². The summed E-state index contributed by atoms with van der Waals surface area (Å²) >= 11 is 0. The van der Waals surface area contributed by atoms with Gasteiger partial charge in [0.15, 0.2) is 0 Å². The summed E-state index contributed by atoms with van der Waals surface area (Å²) < 4.78 is 0. The Morgan fingerprint density at radius 1 is 1.14 bits per heavy atom. The molecule has 0 aromatic heterocycles. The number of rotatable bonds is 3. The third kappa shape index (κ3) is 2.31. The van der Waals surface area contributed by atoms with Crippen molar-refractivity contribution in [3.8, 4) is 0 Å². The van der Waals surface area contributed by atoms with Crippen LogP contribution in [-0.4, -0.2) is 0 Å². The number of allylic oxidation sites excluding steroid dienone is 7. The van der Waals surface area contributed by atoms with Crippen molar-refractivity contribution in [3.63, 3.8) is 0 Å². The van der Waals surface area contributed by atoms with Crippen LogP contribution >= 0.6 is 0 Å². The van der Waals surface area contributed by atoms with Crippen molar-refractivity contribution in [2.45, 2.75) is 45.4 Å². The Morgan fingerprint density at radius 3 is 2.91 bits per heavy atom. The molecule has 0 bridgehead atoms. The fraction of sp³-hybridized carbons (Fsp3) is 0.364. The minimum absolute atomic E-state index is 0.619. The van der Waals surface area contributed by atoms with Crippen LogP contribution in [0.15, 0.2) is 64.8 Å². The van der Waals surface area contributed by atoms with Gasteiger partial charge in [-0.3, -0.25) is 0 Å². The lowest BCUT2D eigenvalue weighted by molar-refractivity contribution is 0.687. The molecule has 1 aromatic rings. The molecule has 0 heterocycles. The molecule has 0 N–H and O–H groups in total. The Morgan fingerprint density at radius 2 is 2.00 bits per heavy atom. The molecule has 0 saturated heterocycles. The third-order valence-electron chi connectivity index (χ3n) is 5.53. The van der Waals surface area contributed by atoms with Crippen molar-refractivity contribution >= 4 is 6.08 Å². The minimum atomic E-state index is 0.619. The highest BCUT2D eigenvalue weighted by Crippen LogP contribution is 2.43. The molecule has 0 nitrogen and oxygen atoms in total. The van der Waals surface area contributed by atoms with Crippen LogP contribution < -0.4 is 0 Å². The Hall–Kier alpha value is -1.82. The standard InChI is InChI=1S/C22H24/c1-15-12-18-8-5-7-17(22(18)13-15)10-11-20-16(2)14-19-6-3-4-9-21(19)20/h3-7,9,12,14,18,20H,8,10-11,13H2,1-2H3. The zero-order valence-corrected chi connectivity index (χ0v) is 13.6. The second-order valence-corrected chi connectivity index (χ2v) is 7.09. The van der Waals surface area contributed by atoms with E-state index in [1.54, 1.807) is 16.7 Å². The lowest BCUT2D eigenvalue weighted by Gasteiger charge is -2.21. The SMILES string of the molecule is CC1=CC2CC=CC(CCC3C(C)=Cc4ccccc43)=C2C1. The molecular weight excluding hydrogens is 264 g/mol. The zero-order valence-electron chi connectivity index (χ0n) is 13.6. The van der Waals surface area contributed by atoms with Gasteiger partial charge in [-0.1, -0.05) is 65.3 Å². The first-order valence-corrected chi connectivity index (χ1v) is 8.55. The molecule has 0 fully saturated rings. The highest BCUT2D eigenvalue weighted by molar-refractivity contribution is 5.65. The van der Waals surface area contributed by atoms with Crippen molar-refractivity contribution in [2.75, 3.05) is 0 Å². The van der Waals surface area contributed by atoms with Crippen LogP contribution in [0.2, 0.25) is 0 Å². The summed E-state index contributed by atoms with van der Waals surface area (Å²) in [6.07, 6.45) is 14.5. The van der Waals surface area contributed by atoms with Gasteiger partial charge >= 0.3 is 0 Å². The van der Waals surface area contributed by atoms with Gasteiger partial charge in [-0.25, -0.2) is 0 Å². The summed E-state index contributed by atoms with van der Waals surface area (Å²) in [5.74, 6) is 1.32. The molecule has 0 saturated carbocycles.